The van der Waals surface area contributed by atoms with Gasteiger partial charge < -0.3 is 25.2 Å². The van der Waals surface area contributed by atoms with Crippen molar-refractivity contribution in [1.82, 2.24) is 0 Å². The number of anilines is 3. The molecule has 3 amide bonds. The summed E-state index contributed by atoms with van der Waals surface area (Å²) in [6.45, 7) is 0. The Morgan fingerprint density at radius 1 is 0.943 bits per heavy atom. The number of carboxylic acids is 1. The van der Waals surface area contributed by atoms with E-state index in [0.717, 1.165) is 16.4 Å². The van der Waals surface area contributed by atoms with E-state index in [9.17, 15) is 23.9 Å². The number of ether oxygens (including phenoxy) is 2. The molecule has 0 aliphatic carbocycles. The molecular formula is C23H19ClFN3O6S. The number of nitrogens with one attached hydrogen (secondary N) is 2. The molecule has 0 fully saturated rings. The van der Waals surface area contributed by atoms with Crippen LogP contribution in [0.15, 0.2) is 54.6 Å². The molecule has 0 unspecified atom stereocenters. The predicted molar refractivity (Wildman–Crippen MR) is 133 cm³/mol. The van der Waals surface area contributed by atoms with Crippen molar-refractivity contribution in [1.29, 1.82) is 0 Å². The Kier molecular flexibility index (Phi) is 8.05. The summed E-state index contributed by atoms with van der Waals surface area (Å²) in [5.74, 6) is -2.38. The maximum Gasteiger partial charge on any atom is 0.337 e. The first kappa shape index (κ1) is 25.7. The molecule has 0 atom stereocenters. The zero-order valence-corrected chi connectivity index (χ0v) is 20.0. The minimum atomic E-state index is -1.39. The molecule has 3 rings (SSSR count). The van der Waals surface area contributed by atoms with Gasteiger partial charge >= 0.3 is 12.0 Å². The van der Waals surface area contributed by atoms with Crippen LogP contribution in [0, 0.1) is 5.82 Å². The molecule has 182 valence electrons. The summed E-state index contributed by atoms with van der Waals surface area (Å²) in [5.41, 5.74) is -0.403. The molecule has 0 aliphatic rings. The number of hydrogen-bond acceptors (Lipinski definition) is 6. The van der Waals surface area contributed by atoms with Gasteiger partial charge in [0, 0.05) is 6.07 Å². The fourth-order valence-corrected chi connectivity index (χ4v) is 3.44. The highest BCUT2D eigenvalue weighted by molar-refractivity contribution is 7.82. The number of hydrogen-bond donors (Lipinski definition) is 4. The van der Waals surface area contributed by atoms with Gasteiger partial charge in [-0.3, -0.25) is 4.79 Å². The Balaban J connectivity index is 1.85. The van der Waals surface area contributed by atoms with Crippen molar-refractivity contribution in [2.24, 2.45) is 0 Å². The summed E-state index contributed by atoms with van der Waals surface area (Å²) in [6.07, 6.45) is 0. The van der Waals surface area contributed by atoms with Crippen LogP contribution in [-0.4, -0.2) is 37.2 Å². The Hall–Kier alpha value is -3.96. The van der Waals surface area contributed by atoms with Gasteiger partial charge in [0.15, 0.2) is 0 Å². The highest BCUT2D eigenvalue weighted by atomic mass is 35.5. The van der Waals surface area contributed by atoms with E-state index in [4.69, 9.17) is 21.1 Å². The molecular weight excluding hydrogens is 501 g/mol. The van der Waals surface area contributed by atoms with Crippen molar-refractivity contribution in [2.45, 2.75) is 0 Å². The van der Waals surface area contributed by atoms with E-state index in [1.165, 1.54) is 56.7 Å². The topological polar surface area (TPSA) is 117 Å². The number of nitrogens with zero attached hydrogens (tertiary/aromatic N) is 1. The van der Waals surface area contributed by atoms with Crippen molar-refractivity contribution in [2.75, 3.05) is 29.2 Å². The number of aromatic carboxylic acids is 1. The average Bonchev–Trinajstić information content (AvgIpc) is 2.84. The lowest BCUT2D eigenvalue weighted by Gasteiger charge is -2.20. The summed E-state index contributed by atoms with van der Waals surface area (Å²) in [6, 6.07) is 11.2. The zero-order valence-electron chi connectivity index (χ0n) is 18.3. The molecule has 9 nitrogen and oxygen atoms in total. The molecule has 0 heterocycles. The van der Waals surface area contributed by atoms with Gasteiger partial charge in [0.1, 0.15) is 17.3 Å². The number of methoxy groups -OCH3 is 2. The number of rotatable bonds is 7. The van der Waals surface area contributed by atoms with Crippen LogP contribution in [0.1, 0.15) is 20.7 Å². The minimum Gasteiger partial charge on any atom is -0.495 e. The fraction of sp³-hybridized carbons (Fsp3) is 0.0870. The summed E-state index contributed by atoms with van der Waals surface area (Å²) in [7, 11) is 2.82. The Bertz CT molecular complexity index is 1310. The summed E-state index contributed by atoms with van der Waals surface area (Å²) in [5, 5.41) is 14.8. The highest BCUT2D eigenvalue weighted by Gasteiger charge is 2.21. The lowest BCUT2D eigenvalue weighted by atomic mass is 10.1. The molecule has 0 radical (unpaired) electrons. The number of benzene rings is 3. The smallest absolute Gasteiger partial charge is 0.337 e. The largest absolute Gasteiger partial charge is 0.495 e. The maximum absolute atomic E-state index is 13.9. The number of thiol groups is 1. The summed E-state index contributed by atoms with van der Waals surface area (Å²) >= 11 is 10.3. The van der Waals surface area contributed by atoms with Crippen molar-refractivity contribution in [3.63, 3.8) is 0 Å². The maximum atomic E-state index is 13.9. The third kappa shape index (κ3) is 5.76. The van der Waals surface area contributed by atoms with Gasteiger partial charge in [-0.25, -0.2) is 18.3 Å². The monoisotopic (exact) mass is 519 g/mol. The second kappa shape index (κ2) is 11.0. The molecule has 0 bridgehead atoms. The predicted octanol–water partition coefficient (Wildman–Crippen LogP) is 5.33. The second-order valence-electron chi connectivity index (χ2n) is 6.90. The number of carboxylic acid groups (broad SMARTS) is 1. The first-order valence-corrected chi connectivity index (χ1v) is 10.6. The van der Waals surface area contributed by atoms with Gasteiger partial charge in [-0.1, -0.05) is 36.5 Å². The van der Waals surface area contributed by atoms with E-state index >= 15 is 0 Å². The Morgan fingerprint density at radius 2 is 1.63 bits per heavy atom. The van der Waals surface area contributed by atoms with Crippen LogP contribution in [0.5, 0.6) is 11.5 Å². The van der Waals surface area contributed by atoms with Crippen LogP contribution in [-0.2, 0) is 0 Å². The van der Waals surface area contributed by atoms with Crippen molar-refractivity contribution >= 4 is 59.4 Å². The van der Waals surface area contributed by atoms with Gasteiger partial charge in [-0.05, 0) is 36.4 Å². The van der Waals surface area contributed by atoms with E-state index in [1.807, 2.05) is 0 Å². The van der Waals surface area contributed by atoms with Crippen LogP contribution in [0.2, 0.25) is 5.02 Å². The molecule has 3 N–H and O–H groups in total. The first-order chi connectivity index (χ1) is 16.7. The molecule has 0 spiro atoms. The number of urea groups is 1. The Morgan fingerprint density at radius 3 is 2.26 bits per heavy atom. The number of carbonyl (C=O) groups is 3. The molecule has 12 heteroatoms. The molecule has 3 aromatic carbocycles. The van der Waals surface area contributed by atoms with E-state index < -0.39 is 23.7 Å². The highest BCUT2D eigenvalue weighted by Crippen LogP contribution is 2.36. The normalized spacial score (nSPS) is 10.3. The zero-order chi connectivity index (χ0) is 25.7. The van der Waals surface area contributed by atoms with E-state index in [-0.39, 0.29) is 39.0 Å². The standard InChI is InChI=1S/C23H19ClFN3O6S/c1-33-19-11-20(34-2)18(10-15(19)24)27-23(32)28(35)12-7-8-17(14(9-12)22(30)31)26-21(29)13-5-3-4-6-16(13)25/h3-11,35H,1-2H3,(H,26,29)(H,27,32)(H,30,31). The molecule has 0 saturated heterocycles. The van der Waals surface area contributed by atoms with E-state index in [0.29, 0.717) is 5.75 Å². The van der Waals surface area contributed by atoms with Gasteiger partial charge in [0.2, 0.25) is 0 Å². The fourth-order valence-electron chi connectivity index (χ4n) is 3.03. The van der Waals surface area contributed by atoms with Crippen molar-refractivity contribution < 1.29 is 33.4 Å². The van der Waals surface area contributed by atoms with Crippen LogP contribution < -0.4 is 24.4 Å². The molecule has 35 heavy (non-hydrogen) atoms. The number of carbonyl (C=O) groups excluding carboxylic acids is 2. The van der Waals surface area contributed by atoms with Crippen LogP contribution in [0.4, 0.5) is 26.2 Å². The van der Waals surface area contributed by atoms with Gasteiger partial charge in [0.25, 0.3) is 5.91 Å². The molecule has 0 aliphatic heterocycles. The van der Waals surface area contributed by atoms with Crippen molar-refractivity contribution in [3.05, 3.63) is 76.6 Å². The number of amides is 3. The molecule has 0 saturated carbocycles. The van der Waals surface area contributed by atoms with Crippen molar-refractivity contribution in [3.8, 4) is 11.5 Å². The average molecular weight is 520 g/mol. The van der Waals surface area contributed by atoms with Crippen LogP contribution in [0.25, 0.3) is 0 Å². The summed E-state index contributed by atoms with van der Waals surface area (Å²) < 4.78 is 25.1. The number of halogens is 2. The Labute approximate surface area is 209 Å². The SMILES string of the molecule is COc1cc(OC)c(NC(=O)N(S)c2ccc(NC(=O)c3ccccc3F)c(C(=O)O)c2)cc1Cl. The summed E-state index contributed by atoms with van der Waals surface area (Å²) in [4.78, 5) is 37.0. The van der Waals surface area contributed by atoms with Gasteiger partial charge in [0.05, 0.1) is 47.4 Å². The van der Waals surface area contributed by atoms with Gasteiger partial charge in [-0.2, -0.15) is 0 Å². The van der Waals surface area contributed by atoms with Crippen LogP contribution in [0.3, 0.4) is 0 Å². The third-order valence-corrected chi connectivity index (χ3v) is 5.46. The third-order valence-electron chi connectivity index (χ3n) is 4.75. The van der Waals surface area contributed by atoms with E-state index in [1.54, 1.807) is 0 Å². The van der Waals surface area contributed by atoms with Crippen LogP contribution >= 0.6 is 24.4 Å². The first-order valence-electron chi connectivity index (χ1n) is 9.81. The van der Waals surface area contributed by atoms with Gasteiger partial charge in [-0.15, -0.1) is 0 Å². The van der Waals surface area contributed by atoms with E-state index in [2.05, 4.69) is 23.4 Å². The molecule has 0 aromatic heterocycles. The second-order valence-corrected chi connectivity index (χ2v) is 7.71. The molecule has 3 aromatic rings. The minimum absolute atomic E-state index is 0.0747. The lowest BCUT2D eigenvalue weighted by molar-refractivity contribution is 0.0698. The lowest BCUT2D eigenvalue weighted by Crippen LogP contribution is -2.27. The quantitative estimate of drug-likeness (QED) is 0.313.